The molecule has 0 saturated carbocycles. The molecule has 4 rings (SSSR count). The minimum absolute atomic E-state index is 0.173. The predicted octanol–water partition coefficient (Wildman–Crippen LogP) is 1.96. The number of fused-ring (bicyclic) bond motifs is 3. The summed E-state index contributed by atoms with van der Waals surface area (Å²) in [6, 6.07) is 5.65. The fraction of sp³-hybridized carbons (Fsp3) is 0.400. The van der Waals surface area contributed by atoms with Crippen molar-refractivity contribution in [2.24, 2.45) is 7.05 Å². The van der Waals surface area contributed by atoms with E-state index in [9.17, 15) is 14.4 Å². The number of esters is 1. The lowest BCUT2D eigenvalue weighted by Gasteiger charge is -2.30. The molecule has 9 nitrogen and oxygen atoms in total. The fourth-order valence-corrected chi connectivity index (χ4v) is 4.03. The molecule has 30 heavy (non-hydrogen) atoms. The van der Waals surface area contributed by atoms with Gasteiger partial charge >= 0.3 is 11.7 Å². The lowest BCUT2D eigenvalue weighted by molar-refractivity contribution is -0.143. The molecule has 158 valence electrons. The molecule has 0 spiro atoms. The molecular formula is C20H22ClN5O4. The van der Waals surface area contributed by atoms with Crippen LogP contribution < -0.4 is 16.1 Å². The number of anilines is 2. The Morgan fingerprint density at radius 1 is 1.27 bits per heavy atom. The normalized spacial score (nSPS) is 13.5. The molecule has 3 aromatic rings. The average Bonchev–Trinajstić information content (AvgIpc) is 3.12. The Bertz CT molecular complexity index is 1270. The van der Waals surface area contributed by atoms with Crippen LogP contribution in [0.25, 0.3) is 11.2 Å². The first kappa shape index (κ1) is 20.2. The first-order valence-corrected chi connectivity index (χ1v) is 10.1. The number of halogens is 1. The van der Waals surface area contributed by atoms with Gasteiger partial charge in [-0.15, -0.1) is 0 Å². The molecule has 1 aliphatic heterocycles. The monoisotopic (exact) mass is 431 g/mol. The number of aromatic nitrogens is 4. The van der Waals surface area contributed by atoms with Crippen LogP contribution in [-0.4, -0.2) is 37.8 Å². The maximum Gasteiger partial charge on any atom is 0.333 e. The van der Waals surface area contributed by atoms with Crippen LogP contribution in [0.4, 0.5) is 11.6 Å². The highest BCUT2D eigenvalue weighted by Crippen LogP contribution is 2.35. The van der Waals surface area contributed by atoms with Gasteiger partial charge in [-0.05, 0) is 38.0 Å². The molecule has 1 aliphatic rings. The highest BCUT2D eigenvalue weighted by atomic mass is 35.5. The number of nitrogens with zero attached hydrogens (tertiary/aromatic N) is 5. The lowest BCUT2D eigenvalue weighted by Crippen LogP contribution is -2.41. The number of rotatable bonds is 4. The van der Waals surface area contributed by atoms with Crippen LogP contribution >= 0.6 is 11.6 Å². The van der Waals surface area contributed by atoms with E-state index in [2.05, 4.69) is 4.98 Å². The second-order valence-electron chi connectivity index (χ2n) is 7.16. The highest BCUT2D eigenvalue weighted by molar-refractivity contribution is 6.31. The molecule has 0 unspecified atom stereocenters. The van der Waals surface area contributed by atoms with Gasteiger partial charge in [0.1, 0.15) is 6.54 Å². The third-order valence-electron chi connectivity index (χ3n) is 5.34. The third kappa shape index (κ3) is 3.09. The first-order chi connectivity index (χ1) is 14.3. The molecule has 0 radical (unpaired) electrons. The van der Waals surface area contributed by atoms with Crippen LogP contribution in [0.2, 0.25) is 5.02 Å². The topological polar surface area (TPSA) is 91.4 Å². The standard InChI is InChI=1S/C20H22ClN5O4/c1-4-30-15(27)11-26-18(28)16-17(23(3)20(26)29)22-19-24(9-6-10-25(16)19)14-8-5-7-13(21)12(14)2/h5,7-8H,4,6,9-11H2,1-3H3. The second-order valence-corrected chi connectivity index (χ2v) is 7.57. The second kappa shape index (κ2) is 7.64. The van der Waals surface area contributed by atoms with E-state index in [1.807, 2.05) is 34.6 Å². The minimum atomic E-state index is -0.634. The van der Waals surface area contributed by atoms with E-state index in [1.54, 1.807) is 14.0 Å². The van der Waals surface area contributed by atoms with Gasteiger partial charge in [-0.25, -0.2) is 9.36 Å². The number of aryl methyl sites for hydroxylation is 2. The van der Waals surface area contributed by atoms with Crippen molar-refractivity contribution < 1.29 is 9.53 Å². The number of hydrogen-bond donors (Lipinski definition) is 0. The SMILES string of the molecule is CCOC(=O)Cn1c(=O)c2c(nc3n2CCCN3c2cccc(Cl)c2C)n(C)c1=O. The van der Waals surface area contributed by atoms with Gasteiger partial charge in [-0.1, -0.05) is 17.7 Å². The zero-order valence-corrected chi connectivity index (χ0v) is 17.8. The Labute approximate surface area is 177 Å². The maximum absolute atomic E-state index is 13.2. The number of benzene rings is 1. The molecule has 1 aromatic carbocycles. The Morgan fingerprint density at radius 2 is 2.03 bits per heavy atom. The van der Waals surface area contributed by atoms with Gasteiger partial charge in [0.15, 0.2) is 11.2 Å². The smallest absolute Gasteiger partial charge is 0.333 e. The van der Waals surface area contributed by atoms with Gasteiger partial charge in [-0.3, -0.25) is 14.2 Å². The van der Waals surface area contributed by atoms with Crippen LogP contribution in [0.1, 0.15) is 18.9 Å². The highest BCUT2D eigenvalue weighted by Gasteiger charge is 2.28. The van der Waals surface area contributed by atoms with E-state index >= 15 is 0 Å². The summed E-state index contributed by atoms with van der Waals surface area (Å²) in [6.45, 7) is 4.62. The Hall–Kier alpha value is -3.07. The Kier molecular flexibility index (Phi) is 5.15. The molecule has 10 heteroatoms. The number of imidazole rings is 1. The maximum atomic E-state index is 13.2. The van der Waals surface area contributed by atoms with E-state index < -0.39 is 23.8 Å². The van der Waals surface area contributed by atoms with Crippen molar-refractivity contribution >= 4 is 40.4 Å². The summed E-state index contributed by atoms with van der Waals surface area (Å²) >= 11 is 6.31. The van der Waals surface area contributed by atoms with Crippen LogP contribution in [0.15, 0.2) is 27.8 Å². The van der Waals surface area contributed by atoms with E-state index in [0.29, 0.717) is 29.6 Å². The quantitative estimate of drug-likeness (QED) is 0.586. The summed E-state index contributed by atoms with van der Waals surface area (Å²) in [4.78, 5) is 44.5. The molecule has 0 fully saturated rings. The summed E-state index contributed by atoms with van der Waals surface area (Å²) in [5.41, 5.74) is 1.22. The zero-order chi connectivity index (χ0) is 21.6. The zero-order valence-electron chi connectivity index (χ0n) is 17.0. The van der Waals surface area contributed by atoms with Gasteiger partial charge in [0.05, 0.1) is 6.61 Å². The first-order valence-electron chi connectivity index (χ1n) is 9.73. The molecular weight excluding hydrogens is 410 g/mol. The molecule has 0 bridgehead atoms. The molecule has 0 aliphatic carbocycles. The summed E-state index contributed by atoms with van der Waals surface area (Å²) < 4.78 is 8.92. The summed E-state index contributed by atoms with van der Waals surface area (Å²) in [5.74, 6) is -0.0618. The molecule has 0 saturated heterocycles. The Balaban J connectivity index is 1.94. The van der Waals surface area contributed by atoms with Crippen molar-refractivity contribution in [3.8, 4) is 0 Å². The fourth-order valence-electron chi connectivity index (χ4n) is 3.86. The minimum Gasteiger partial charge on any atom is -0.465 e. The Morgan fingerprint density at radius 3 is 2.77 bits per heavy atom. The number of ether oxygens (including phenoxy) is 1. The average molecular weight is 432 g/mol. The summed E-state index contributed by atoms with van der Waals surface area (Å²) in [7, 11) is 1.54. The molecule has 0 N–H and O–H groups in total. The van der Waals surface area contributed by atoms with Crippen LogP contribution in [0, 0.1) is 6.92 Å². The van der Waals surface area contributed by atoms with E-state index in [4.69, 9.17) is 16.3 Å². The van der Waals surface area contributed by atoms with Crippen LogP contribution in [0.5, 0.6) is 0 Å². The van der Waals surface area contributed by atoms with E-state index in [0.717, 1.165) is 22.2 Å². The largest absolute Gasteiger partial charge is 0.465 e. The molecule has 3 heterocycles. The summed E-state index contributed by atoms with van der Waals surface area (Å²) in [5, 5.41) is 0.643. The van der Waals surface area contributed by atoms with Gasteiger partial charge in [0.25, 0.3) is 5.56 Å². The van der Waals surface area contributed by atoms with Crippen LogP contribution in [-0.2, 0) is 29.7 Å². The van der Waals surface area contributed by atoms with Crippen molar-refractivity contribution in [2.45, 2.75) is 33.4 Å². The van der Waals surface area contributed by atoms with E-state index in [1.165, 1.54) is 4.57 Å². The molecule has 0 atom stereocenters. The van der Waals surface area contributed by atoms with Gasteiger partial charge < -0.3 is 14.2 Å². The number of hydrogen-bond acceptors (Lipinski definition) is 6. The van der Waals surface area contributed by atoms with Crippen molar-refractivity contribution in [1.82, 2.24) is 18.7 Å². The van der Waals surface area contributed by atoms with Gasteiger partial charge in [-0.2, -0.15) is 4.98 Å². The van der Waals surface area contributed by atoms with Crippen molar-refractivity contribution in [1.29, 1.82) is 0 Å². The van der Waals surface area contributed by atoms with E-state index in [-0.39, 0.29) is 12.3 Å². The van der Waals surface area contributed by atoms with Gasteiger partial charge in [0.2, 0.25) is 5.95 Å². The van der Waals surface area contributed by atoms with Gasteiger partial charge in [0, 0.05) is 30.8 Å². The third-order valence-corrected chi connectivity index (χ3v) is 5.75. The molecule has 0 amide bonds. The predicted molar refractivity (Wildman–Crippen MR) is 114 cm³/mol. The number of carbonyl (C=O) groups excluding carboxylic acids is 1. The molecule has 2 aromatic heterocycles. The van der Waals surface area contributed by atoms with Crippen molar-refractivity contribution in [3.05, 3.63) is 49.6 Å². The van der Waals surface area contributed by atoms with Crippen LogP contribution in [0.3, 0.4) is 0 Å². The number of carbonyl (C=O) groups is 1. The van der Waals surface area contributed by atoms with Crippen molar-refractivity contribution in [3.63, 3.8) is 0 Å². The van der Waals surface area contributed by atoms with Crippen molar-refractivity contribution in [2.75, 3.05) is 18.1 Å². The lowest BCUT2D eigenvalue weighted by atomic mass is 10.1. The summed E-state index contributed by atoms with van der Waals surface area (Å²) in [6.07, 6.45) is 0.782.